The van der Waals surface area contributed by atoms with E-state index in [1.807, 2.05) is 0 Å². The summed E-state index contributed by atoms with van der Waals surface area (Å²) in [5.74, 6) is 0. The number of nitrogens with two attached hydrogens (primary N) is 3. The second-order valence-corrected chi connectivity index (χ2v) is 2.55. The zero-order chi connectivity index (χ0) is 14.3. The van der Waals surface area contributed by atoms with Crippen LogP contribution in [0.1, 0.15) is 0 Å². The zero-order valence-electron chi connectivity index (χ0n) is 8.86. The second-order valence-electron chi connectivity index (χ2n) is 0.789. The molecule has 0 unspecified atom stereocenters. The van der Waals surface area contributed by atoms with Gasteiger partial charge in [-0.3, -0.25) is 0 Å². The van der Waals surface area contributed by atoms with Crippen LogP contribution in [0.5, 0.6) is 0 Å². The summed E-state index contributed by atoms with van der Waals surface area (Å²) in [6.45, 7) is 0. The average molecular weight is 290 g/mol. The summed E-state index contributed by atoms with van der Waals surface area (Å²) in [5.41, 5.74) is 13.5. The molecule has 6 N–H and O–H groups in total. The Kier molecular flexibility index (Phi) is 28.8. The van der Waals surface area contributed by atoms with Crippen molar-refractivity contribution in [2.45, 2.75) is 0 Å². The number of nitro groups is 3. The van der Waals surface area contributed by atoms with Crippen LogP contribution in [0.4, 0.5) is 0 Å². The molecule has 13 heteroatoms. The Hall–Kier alpha value is -1.41. The van der Waals surface area contributed by atoms with E-state index in [1.54, 1.807) is 0 Å². The molecular weight excluding hydrogens is 275 g/mol. The first-order valence-electron chi connectivity index (χ1n) is 3.27. The van der Waals surface area contributed by atoms with Gasteiger partial charge in [-0.1, -0.05) is 0 Å². The summed E-state index contributed by atoms with van der Waals surface area (Å²) in [6, 6.07) is 0. The molecule has 0 fully saturated rings. The van der Waals surface area contributed by atoms with Crippen molar-refractivity contribution < 1.29 is 26.2 Å². The van der Waals surface area contributed by atoms with Crippen molar-refractivity contribution in [1.29, 1.82) is 0 Å². The Balaban J connectivity index is -0.000000103. The maximum atomic E-state index is 9.53. The van der Waals surface area contributed by atoms with Crippen LogP contribution < -0.4 is 17.2 Å². The summed E-state index contributed by atoms with van der Waals surface area (Å²) in [4.78, 5) is 28.6. The molecule has 0 heterocycles. The molecular formula is C3H15CoN6O6. The van der Waals surface area contributed by atoms with E-state index < -0.39 is 26.2 Å². The fraction of sp³-hybridized carbons (Fsp3) is 1.00. The first-order chi connectivity index (χ1) is 7.46. The molecule has 0 aliphatic carbocycles. The average Bonchev–Trinajstić information content (AvgIpc) is 2.24. The van der Waals surface area contributed by atoms with Gasteiger partial charge in [0.1, 0.15) is 0 Å². The predicted molar refractivity (Wildman–Crippen MR) is 51.3 cm³/mol. The van der Waals surface area contributed by atoms with Crippen molar-refractivity contribution in [3.63, 3.8) is 0 Å². The summed E-state index contributed by atoms with van der Waals surface area (Å²) in [6.07, 6.45) is 0. The molecule has 0 bridgehead atoms. The van der Waals surface area contributed by atoms with E-state index in [0.29, 0.717) is 0 Å². The van der Waals surface area contributed by atoms with Crippen molar-refractivity contribution in [1.82, 2.24) is 0 Å². The molecule has 0 aliphatic rings. The monoisotopic (exact) mass is 290 g/mol. The van der Waals surface area contributed by atoms with E-state index in [2.05, 4.69) is 17.2 Å². The molecule has 12 nitrogen and oxygen atoms in total. The molecule has 0 aliphatic heterocycles. The van der Waals surface area contributed by atoms with Crippen LogP contribution in [0.15, 0.2) is 0 Å². The summed E-state index contributed by atoms with van der Waals surface area (Å²) >= 11 is -3.55. The van der Waals surface area contributed by atoms with E-state index in [1.165, 1.54) is 21.1 Å². The second kappa shape index (κ2) is 19.2. The maximum absolute atomic E-state index is 9.53. The van der Waals surface area contributed by atoms with Crippen molar-refractivity contribution in [2.75, 3.05) is 21.1 Å². The van der Waals surface area contributed by atoms with Crippen LogP contribution in [0.3, 0.4) is 0 Å². The number of rotatable bonds is 3. The minimum atomic E-state index is -3.55. The van der Waals surface area contributed by atoms with Gasteiger partial charge in [-0.05, 0) is 21.1 Å². The molecule has 0 atom stereocenters. The van der Waals surface area contributed by atoms with Crippen LogP contribution in [-0.4, -0.2) is 33.1 Å². The quantitative estimate of drug-likeness (QED) is 0.383. The van der Waals surface area contributed by atoms with Crippen molar-refractivity contribution in [3.05, 3.63) is 30.3 Å². The molecule has 0 aromatic heterocycles. The molecule has 0 rings (SSSR count). The summed E-state index contributed by atoms with van der Waals surface area (Å²) < 4.78 is -4.56. The Labute approximate surface area is 95.6 Å². The van der Waals surface area contributed by atoms with Gasteiger partial charge in [-0.25, -0.2) is 0 Å². The zero-order valence-corrected chi connectivity index (χ0v) is 9.90. The third-order valence-electron chi connectivity index (χ3n) is 0.327. The Morgan fingerprint density at radius 1 is 0.688 bits per heavy atom. The number of hydrogen-bond donors (Lipinski definition) is 3. The van der Waals surface area contributed by atoms with Gasteiger partial charge in [-0.15, -0.1) is 0 Å². The molecule has 0 radical (unpaired) electrons. The fourth-order valence-corrected chi connectivity index (χ4v) is 0.550. The Morgan fingerprint density at radius 3 is 0.812 bits per heavy atom. The van der Waals surface area contributed by atoms with E-state index in [-0.39, 0.29) is 0 Å². The molecule has 0 saturated carbocycles. The standard InChI is InChI=1S/3CH5N.Co.3NO2/c3*1-2;;3*2-1-3/h3*2H2,1H3;;;;. The van der Waals surface area contributed by atoms with Crippen LogP contribution in [-0.2, 0) is 14.3 Å². The summed E-state index contributed by atoms with van der Waals surface area (Å²) in [5, 5.41) is 28.6. The van der Waals surface area contributed by atoms with Gasteiger partial charge < -0.3 is 17.2 Å². The Morgan fingerprint density at radius 2 is 0.812 bits per heavy atom. The third kappa shape index (κ3) is 15.1. The number of hydrogen-bond acceptors (Lipinski definition) is 9. The molecule has 0 saturated heterocycles. The number of nitrogens with zero attached hydrogens (tertiary/aromatic N) is 3. The third-order valence-corrected chi connectivity index (χ3v) is 1.35. The van der Waals surface area contributed by atoms with Crippen molar-refractivity contribution in [2.24, 2.45) is 17.2 Å². The van der Waals surface area contributed by atoms with E-state index in [4.69, 9.17) is 0 Å². The van der Waals surface area contributed by atoms with Gasteiger partial charge in [0.05, 0.1) is 0 Å². The van der Waals surface area contributed by atoms with Crippen molar-refractivity contribution >= 4 is 0 Å². The van der Waals surface area contributed by atoms with Gasteiger partial charge in [0.25, 0.3) is 0 Å². The predicted octanol–water partition coefficient (Wildman–Crippen LogP) is -2.10. The van der Waals surface area contributed by atoms with Gasteiger partial charge >= 0.3 is 56.6 Å². The van der Waals surface area contributed by atoms with Gasteiger partial charge in [-0.2, -0.15) is 0 Å². The Bertz CT molecular complexity index is 167. The molecule has 0 aromatic rings. The molecule has 102 valence electrons. The fourth-order valence-electron chi connectivity index (χ4n) is 0.133. The molecule has 0 aromatic carbocycles. The first-order valence-corrected chi connectivity index (χ1v) is 4.67. The van der Waals surface area contributed by atoms with Crippen LogP contribution in [0.25, 0.3) is 0 Å². The topological polar surface area (TPSA) is 207 Å². The van der Waals surface area contributed by atoms with Gasteiger partial charge in [0.2, 0.25) is 0 Å². The van der Waals surface area contributed by atoms with Crippen LogP contribution in [0.2, 0.25) is 0 Å². The van der Waals surface area contributed by atoms with E-state index in [9.17, 15) is 30.3 Å². The molecule has 0 amide bonds. The van der Waals surface area contributed by atoms with E-state index >= 15 is 0 Å². The SMILES string of the molecule is CN.CN.CN.O=[N+]([O-])[Co]([N+](=O)[O-])[N+](=O)[O-]. The first kappa shape index (κ1) is 24.0. The van der Waals surface area contributed by atoms with Crippen LogP contribution >= 0.6 is 0 Å². The molecule has 16 heavy (non-hydrogen) atoms. The van der Waals surface area contributed by atoms with E-state index in [0.717, 1.165) is 0 Å². The van der Waals surface area contributed by atoms with Crippen molar-refractivity contribution in [3.8, 4) is 0 Å². The normalized spacial score (nSPS) is 7.50. The van der Waals surface area contributed by atoms with Gasteiger partial charge in [0, 0.05) is 0 Å². The van der Waals surface area contributed by atoms with Gasteiger partial charge in [0.15, 0.2) is 0 Å². The molecule has 0 spiro atoms. The van der Waals surface area contributed by atoms with Crippen LogP contribution in [0, 0.1) is 30.3 Å². The minimum absolute atomic E-state index is 1.50. The summed E-state index contributed by atoms with van der Waals surface area (Å²) in [7, 11) is 4.50.